The van der Waals surface area contributed by atoms with Crippen LogP contribution in [0.25, 0.3) is 5.57 Å². The Morgan fingerprint density at radius 1 is 1.19 bits per heavy atom. The van der Waals surface area contributed by atoms with Gasteiger partial charge in [0.25, 0.3) is 0 Å². The minimum atomic E-state index is -0.428. The molecule has 21 heavy (non-hydrogen) atoms. The molecule has 3 nitrogen and oxygen atoms in total. The summed E-state index contributed by atoms with van der Waals surface area (Å²) in [5, 5.41) is 0. The molecule has 0 radical (unpaired) electrons. The second kappa shape index (κ2) is 4.23. The van der Waals surface area contributed by atoms with Gasteiger partial charge in [-0.15, -0.1) is 0 Å². The average molecular weight is 282 g/mol. The van der Waals surface area contributed by atoms with E-state index in [9.17, 15) is 4.79 Å². The van der Waals surface area contributed by atoms with Gasteiger partial charge < -0.3 is 9.47 Å². The fraction of sp³-hybridized carbons (Fsp3) is 0.389. The van der Waals surface area contributed by atoms with Crippen LogP contribution in [0.4, 0.5) is 0 Å². The van der Waals surface area contributed by atoms with Gasteiger partial charge in [-0.3, -0.25) is 4.79 Å². The normalized spacial score (nSPS) is 26.6. The molecule has 0 aromatic heterocycles. The third-order valence-corrected chi connectivity index (χ3v) is 5.18. The van der Waals surface area contributed by atoms with Crippen LogP contribution in [0, 0.1) is 5.41 Å². The van der Waals surface area contributed by atoms with Crippen LogP contribution in [0.5, 0.6) is 5.75 Å². The van der Waals surface area contributed by atoms with Gasteiger partial charge >= 0.3 is 5.97 Å². The van der Waals surface area contributed by atoms with E-state index in [2.05, 4.69) is 12.1 Å². The van der Waals surface area contributed by atoms with Gasteiger partial charge in [0.2, 0.25) is 0 Å². The Labute approximate surface area is 124 Å². The van der Waals surface area contributed by atoms with E-state index in [1.807, 2.05) is 13.0 Å². The maximum Gasteiger partial charge on any atom is 0.321 e. The van der Waals surface area contributed by atoms with Crippen molar-refractivity contribution < 1.29 is 14.3 Å². The van der Waals surface area contributed by atoms with Gasteiger partial charge in [-0.25, -0.2) is 0 Å². The Kier molecular flexibility index (Phi) is 2.56. The Balaban J connectivity index is 1.85. The molecule has 1 aromatic carbocycles. The molecule has 0 N–H and O–H groups in total. The van der Waals surface area contributed by atoms with Crippen LogP contribution in [0.2, 0.25) is 0 Å². The van der Waals surface area contributed by atoms with Crippen LogP contribution in [0.3, 0.4) is 0 Å². The number of rotatable bonds is 1. The minimum absolute atomic E-state index is 0.0930. The van der Waals surface area contributed by atoms with Crippen molar-refractivity contribution in [2.75, 3.05) is 7.11 Å². The first-order valence-electron chi connectivity index (χ1n) is 7.45. The third kappa shape index (κ3) is 1.63. The molecule has 1 aromatic rings. The second-order valence-electron chi connectivity index (χ2n) is 6.25. The van der Waals surface area contributed by atoms with E-state index in [4.69, 9.17) is 9.47 Å². The van der Waals surface area contributed by atoms with Crippen molar-refractivity contribution >= 4 is 11.5 Å². The van der Waals surface area contributed by atoms with Crippen molar-refractivity contribution in [1.29, 1.82) is 0 Å². The number of carbonyl (C=O) groups excluding carboxylic acids is 1. The van der Waals surface area contributed by atoms with Crippen molar-refractivity contribution in [2.45, 2.75) is 32.6 Å². The number of carbonyl (C=O) groups is 1. The molecule has 0 saturated heterocycles. The average Bonchev–Trinajstić information content (AvgIpc) is 2.82. The van der Waals surface area contributed by atoms with E-state index in [0.717, 1.165) is 37.0 Å². The summed E-state index contributed by atoms with van der Waals surface area (Å²) < 4.78 is 10.5. The molecule has 0 fully saturated rings. The van der Waals surface area contributed by atoms with Gasteiger partial charge in [-0.05, 0) is 67.0 Å². The number of methoxy groups -OCH3 is 1. The van der Waals surface area contributed by atoms with Crippen LogP contribution in [-0.4, -0.2) is 13.1 Å². The Morgan fingerprint density at radius 3 is 2.86 bits per heavy atom. The molecular formula is C18H18O3. The summed E-state index contributed by atoms with van der Waals surface area (Å²) in [5.74, 6) is 0.821. The number of fused-ring (bicyclic) bond motifs is 4. The number of allylic oxidation sites excluding steroid dienone is 2. The first-order valence-corrected chi connectivity index (χ1v) is 7.45. The highest BCUT2D eigenvalue weighted by Crippen LogP contribution is 2.53. The number of benzene rings is 1. The lowest BCUT2D eigenvalue weighted by Crippen LogP contribution is -2.31. The van der Waals surface area contributed by atoms with Gasteiger partial charge in [0.15, 0.2) is 0 Å². The molecule has 0 amide bonds. The van der Waals surface area contributed by atoms with Gasteiger partial charge in [-0.2, -0.15) is 0 Å². The molecular weight excluding hydrogens is 264 g/mol. The number of hydrogen-bond donors (Lipinski definition) is 0. The zero-order valence-corrected chi connectivity index (χ0v) is 12.4. The predicted octanol–water partition coefficient (Wildman–Crippen LogP) is 3.64. The van der Waals surface area contributed by atoms with Crippen LogP contribution in [0.15, 0.2) is 35.6 Å². The van der Waals surface area contributed by atoms with E-state index in [1.165, 1.54) is 22.3 Å². The largest absolute Gasteiger partial charge is 0.497 e. The summed E-state index contributed by atoms with van der Waals surface area (Å²) in [6, 6.07) is 6.31. The first kappa shape index (κ1) is 12.7. The SMILES string of the molecule is COc1ccc2c(c1)CCC1=C2CC[C@]2(C)C(=O)OC=C12. The molecule has 0 spiro atoms. The van der Waals surface area contributed by atoms with Crippen molar-refractivity contribution in [1.82, 2.24) is 0 Å². The standard InChI is InChI=1S/C18H18O3/c1-18-8-7-14-13-6-4-12(20-2)9-11(13)3-5-15(14)16(18)10-21-17(18)19/h4,6,9-10H,3,5,7-8H2,1-2H3/t18-/m0/s1. The molecule has 0 bridgehead atoms. The van der Waals surface area contributed by atoms with Gasteiger partial charge in [-0.1, -0.05) is 6.07 Å². The smallest absolute Gasteiger partial charge is 0.321 e. The molecule has 3 aliphatic rings. The Bertz CT molecular complexity index is 711. The van der Waals surface area contributed by atoms with E-state index < -0.39 is 5.41 Å². The van der Waals surface area contributed by atoms with Gasteiger partial charge in [0.1, 0.15) is 5.75 Å². The molecule has 3 heteroatoms. The number of aryl methyl sites for hydroxylation is 1. The number of cyclic esters (lactones) is 1. The maximum atomic E-state index is 12.0. The van der Waals surface area contributed by atoms with Crippen molar-refractivity contribution in [3.63, 3.8) is 0 Å². The quantitative estimate of drug-likeness (QED) is 0.738. The summed E-state index contributed by atoms with van der Waals surface area (Å²) >= 11 is 0. The topological polar surface area (TPSA) is 35.5 Å². The van der Waals surface area contributed by atoms with E-state index in [-0.39, 0.29) is 5.97 Å². The summed E-state index contributed by atoms with van der Waals surface area (Å²) in [4.78, 5) is 12.0. The highest BCUT2D eigenvalue weighted by Gasteiger charge is 2.48. The van der Waals surface area contributed by atoms with Crippen LogP contribution < -0.4 is 4.74 Å². The van der Waals surface area contributed by atoms with Crippen LogP contribution >= 0.6 is 0 Å². The maximum absolute atomic E-state index is 12.0. The predicted molar refractivity (Wildman–Crippen MR) is 79.8 cm³/mol. The van der Waals surface area contributed by atoms with E-state index in [1.54, 1.807) is 13.4 Å². The monoisotopic (exact) mass is 282 g/mol. The lowest BCUT2D eigenvalue weighted by molar-refractivity contribution is -0.143. The summed E-state index contributed by atoms with van der Waals surface area (Å²) in [5.41, 5.74) is 6.06. The zero-order chi connectivity index (χ0) is 14.6. The van der Waals surface area contributed by atoms with Crippen molar-refractivity contribution in [3.05, 3.63) is 46.7 Å². The molecule has 2 aliphatic carbocycles. The number of esters is 1. The van der Waals surface area contributed by atoms with Crippen molar-refractivity contribution in [3.8, 4) is 5.75 Å². The van der Waals surface area contributed by atoms with Crippen LogP contribution in [0.1, 0.15) is 37.3 Å². The van der Waals surface area contributed by atoms with E-state index >= 15 is 0 Å². The zero-order valence-electron chi connectivity index (χ0n) is 12.4. The van der Waals surface area contributed by atoms with Gasteiger partial charge in [0, 0.05) is 5.57 Å². The molecule has 0 saturated carbocycles. The molecule has 1 heterocycles. The molecule has 108 valence electrons. The highest BCUT2D eigenvalue weighted by atomic mass is 16.5. The minimum Gasteiger partial charge on any atom is -0.497 e. The Morgan fingerprint density at radius 2 is 2.05 bits per heavy atom. The van der Waals surface area contributed by atoms with E-state index in [0.29, 0.717) is 0 Å². The molecule has 0 unspecified atom stereocenters. The summed E-state index contributed by atoms with van der Waals surface area (Å²) in [7, 11) is 1.70. The summed E-state index contributed by atoms with van der Waals surface area (Å²) in [6.07, 6.45) is 5.44. The van der Waals surface area contributed by atoms with Crippen LogP contribution in [-0.2, 0) is 16.0 Å². The highest BCUT2D eigenvalue weighted by molar-refractivity contribution is 5.90. The fourth-order valence-corrected chi connectivity index (χ4v) is 3.85. The third-order valence-electron chi connectivity index (χ3n) is 5.18. The lowest BCUT2D eigenvalue weighted by atomic mass is 9.66. The first-order chi connectivity index (χ1) is 10.1. The van der Waals surface area contributed by atoms with Crippen molar-refractivity contribution in [2.24, 2.45) is 5.41 Å². The number of hydrogen-bond acceptors (Lipinski definition) is 3. The lowest BCUT2D eigenvalue weighted by Gasteiger charge is -2.35. The molecule has 1 atom stereocenters. The Hall–Kier alpha value is -2.03. The summed E-state index contributed by atoms with van der Waals surface area (Å²) in [6.45, 7) is 2.02. The number of ether oxygens (including phenoxy) is 2. The second-order valence-corrected chi connectivity index (χ2v) is 6.25. The molecule has 4 rings (SSSR count). The van der Waals surface area contributed by atoms with Gasteiger partial charge in [0.05, 0.1) is 18.8 Å². The molecule has 1 aliphatic heterocycles. The fourth-order valence-electron chi connectivity index (χ4n) is 3.85.